The predicted molar refractivity (Wildman–Crippen MR) is 74.0 cm³/mol. The van der Waals surface area contributed by atoms with Gasteiger partial charge in [-0.05, 0) is 32.0 Å². The molecule has 1 N–H and O–H groups in total. The third kappa shape index (κ3) is 4.01. The summed E-state index contributed by atoms with van der Waals surface area (Å²) >= 11 is 5.79. The van der Waals surface area contributed by atoms with E-state index < -0.39 is 0 Å². The first kappa shape index (κ1) is 14.0. The van der Waals surface area contributed by atoms with Crippen LogP contribution in [-0.4, -0.2) is 27.7 Å². The highest BCUT2D eigenvalue weighted by Gasteiger charge is 2.12. The van der Waals surface area contributed by atoms with E-state index in [9.17, 15) is 0 Å². The van der Waals surface area contributed by atoms with Gasteiger partial charge in [0.25, 0.3) is 0 Å². The lowest BCUT2D eigenvalue weighted by molar-refractivity contribution is 0.362. The van der Waals surface area contributed by atoms with Gasteiger partial charge >= 0.3 is 0 Å². The van der Waals surface area contributed by atoms with Crippen LogP contribution in [0, 0.1) is 0 Å². The zero-order chi connectivity index (χ0) is 13.7. The Morgan fingerprint density at radius 3 is 2.95 bits per heavy atom. The number of nitrogens with one attached hydrogen (secondary N) is 1. The van der Waals surface area contributed by atoms with Gasteiger partial charge in [0.05, 0.1) is 5.02 Å². The van der Waals surface area contributed by atoms with Crippen LogP contribution in [0.3, 0.4) is 0 Å². The molecule has 102 valence electrons. The van der Waals surface area contributed by atoms with Gasteiger partial charge in [0.2, 0.25) is 11.7 Å². The van der Waals surface area contributed by atoms with E-state index >= 15 is 0 Å². The maximum Gasteiger partial charge on any atom is 0.228 e. The summed E-state index contributed by atoms with van der Waals surface area (Å²) in [5.74, 6) is 1.11. The molecule has 0 bridgehead atoms. The maximum atomic E-state index is 5.79. The molecular weight excluding hydrogens is 264 g/mol. The van der Waals surface area contributed by atoms with E-state index in [0.29, 0.717) is 34.9 Å². The van der Waals surface area contributed by atoms with Crippen molar-refractivity contribution >= 4 is 11.6 Å². The monoisotopic (exact) mass is 280 g/mol. The summed E-state index contributed by atoms with van der Waals surface area (Å²) in [6, 6.07) is 3.84. The summed E-state index contributed by atoms with van der Waals surface area (Å²) in [5, 5.41) is 7.89. The smallest absolute Gasteiger partial charge is 0.228 e. The SMILES string of the molecule is CCCNC(C)Cc1nc(-c2ccc(Cl)cn2)no1. The molecule has 0 saturated heterocycles. The van der Waals surface area contributed by atoms with E-state index in [1.54, 1.807) is 18.3 Å². The number of hydrogen-bond donors (Lipinski definition) is 1. The van der Waals surface area contributed by atoms with Gasteiger partial charge in [-0.1, -0.05) is 23.7 Å². The van der Waals surface area contributed by atoms with Gasteiger partial charge < -0.3 is 9.84 Å². The molecule has 2 aromatic rings. The molecule has 0 aliphatic rings. The lowest BCUT2D eigenvalue weighted by atomic mass is 10.2. The van der Waals surface area contributed by atoms with Crippen LogP contribution in [0.15, 0.2) is 22.9 Å². The number of aromatic nitrogens is 3. The Morgan fingerprint density at radius 1 is 1.42 bits per heavy atom. The number of nitrogens with zero attached hydrogens (tertiary/aromatic N) is 3. The molecule has 0 fully saturated rings. The largest absolute Gasteiger partial charge is 0.339 e. The van der Waals surface area contributed by atoms with Crippen LogP contribution in [0.25, 0.3) is 11.5 Å². The highest BCUT2D eigenvalue weighted by atomic mass is 35.5. The van der Waals surface area contributed by atoms with Gasteiger partial charge in [-0.3, -0.25) is 4.98 Å². The molecule has 0 radical (unpaired) electrons. The predicted octanol–water partition coefficient (Wildman–Crippen LogP) is 2.72. The van der Waals surface area contributed by atoms with Crippen molar-refractivity contribution in [2.45, 2.75) is 32.7 Å². The Bertz CT molecular complexity index is 512. The second-order valence-corrected chi connectivity index (χ2v) is 4.87. The summed E-state index contributed by atoms with van der Waals surface area (Å²) < 4.78 is 5.23. The number of rotatable bonds is 6. The molecule has 1 atom stereocenters. The zero-order valence-corrected chi connectivity index (χ0v) is 11.8. The number of pyridine rings is 1. The minimum Gasteiger partial charge on any atom is -0.339 e. The van der Waals surface area contributed by atoms with Crippen LogP contribution in [0.4, 0.5) is 0 Å². The maximum absolute atomic E-state index is 5.79. The van der Waals surface area contributed by atoms with E-state index in [2.05, 4.69) is 34.3 Å². The van der Waals surface area contributed by atoms with E-state index in [4.69, 9.17) is 16.1 Å². The fourth-order valence-corrected chi connectivity index (χ4v) is 1.79. The summed E-state index contributed by atoms with van der Waals surface area (Å²) in [6.07, 6.45) is 3.38. The molecule has 6 heteroatoms. The summed E-state index contributed by atoms with van der Waals surface area (Å²) in [4.78, 5) is 8.49. The molecule has 2 rings (SSSR count). The van der Waals surface area contributed by atoms with Crippen molar-refractivity contribution in [2.24, 2.45) is 0 Å². The summed E-state index contributed by atoms with van der Waals surface area (Å²) in [7, 11) is 0. The second kappa shape index (κ2) is 6.63. The minimum atomic E-state index is 0.312. The van der Waals surface area contributed by atoms with Crippen molar-refractivity contribution in [1.82, 2.24) is 20.4 Å². The van der Waals surface area contributed by atoms with Crippen molar-refractivity contribution in [3.8, 4) is 11.5 Å². The molecule has 2 heterocycles. The molecule has 2 aromatic heterocycles. The van der Waals surface area contributed by atoms with Crippen LogP contribution in [0.1, 0.15) is 26.2 Å². The molecular formula is C13H17ClN4O. The third-order valence-electron chi connectivity index (χ3n) is 2.65. The minimum absolute atomic E-state index is 0.312. The molecule has 1 unspecified atom stereocenters. The molecule has 0 amide bonds. The highest BCUT2D eigenvalue weighted by Crippen LogP contribution is 2.15. The highest BCUT2D eigenvalue weighted by molar-refractivity contribution is 6.30. The van der Waals surface area contributed by atoms with Crippen molar-refractivity contribution in [3.63, 3.8) is 0 Å². The van der Waals surface area contributed by atoms with Gasteiger partial charge in [-0.25, -0.2) is 0 Å². The van der Waals surface area contributed by atoms with Gasteiger partial charge in [0.1, 0.15) is 5.69 Å². The van der Waals surface area contributed by atoms with E-state index in [0.717, 1.165) is 13.0 Å². The first-order valence-electron chi connectivity index (χ1n) is 6.37. The summed E-state index contributed by atoms with van der Waals surface area (Å²) in [5.41, 5.74) is 0.661. The lowest BCUT2D eigenvalue weighted by Gasteiger charge is -2.09. The molecule has 0 spiro atoms. The fraction of sp³-hybridized carbons (Fsp3) is 0.462. The average molecular weight is 281 g/mol. The van der Waals surface area contributed by atoms with Gasteiger partial charge in [0, 0.05) is 18.7 Å². The van der Waals surface area contributed by atoms with Crippen molar-refractivity contribution in [3.05, 3.63) is 29.2 Å². The molecule has 0 aromatic carbocycles. The van der Waals surface area contributed by atoms with Crippen LogP contribution >= 0.6 is 11.6 Å². The lowest BCUT2D eigenvalue weighted by Crippen LogP contribution is -2.28. The standard InChI is InChI=1S/C13H17ClN4O/c1-3-6-15-9(2)7-12-17-13(18-19-12)11-5-4-10(14)8-16-11/h4-5,8-9,15H,3,6-7H2,1-2H3. The molecule has 0 saturated carbocycles. The van der Waals surface area contributed by atoms with Gasteiger partial charge in [0.15, 0.2) is 0 Å². The fourth-order valence-electron chi connectivity index (χ4n) is 1.67. The summed E-state index contributed by atoms with van der Waals surface area (Å²) in [6.45, 7) is 5.22. The van der Waals surface area contributed by atoms with Crippen molar-refractivity contribution in [2.75, 3.05) is 6.54 Å². The molecule has 19 heavy (non-hydrogen) atoms. The normalized spacial score (nSPS) is 12.6. The van der Waals surface area contributed by atoms with Gasteiger partial charge in [-0.2, -0.15) is 4.98 Å². The van der Waals surface area contributed by atoms with Gasteiger partial charge in [-0.15, -0.1) is 0 Å². The number of hydrogen-bond acceptors (Lipinski definition) is 5. The zero-order valence-electron chi connectivity index (χ0n) is 11.1. The number of halogens is 1. The van der Waals surface area contributed by atoms with Crippen molar-refractivity contribution in [1.29, 1.82) is 0 Å². The average Bonchev–Trinajstić information content (AvgIpc) is 2.85. The molecule has 0 aliphatic carbocycles. The Labute approximate surface area is 117 Å². The van der Waals surface area contributed by atoms with Crippen LogP contribution in [0.5, 0.6) is 0 Å². The van der Waals surface area contributed by atoms with Crippen LogP contribution in [0.2, 0.25) is 5.02 Å². The van der Waals surface area contributed by atoms with Crippen molar-refractivity contribution < 1.29 is 4.52 Å². The van der Waals surface area contributed by atoms with E-state index in [1.807, 2.05) is 0 Å². The Balaban J connectivity index is 2.00. The molecule has 0 aliphatic heterocycles. The Morgan fingerprint density at radius 2 is 2.26 bits per heavy atom. The quantitative estimate of drug-likeness (QED) is 0.881. The second-order valence-electron chi connectivity index (χ2n) is 4.43. The first-order chi connectivity index (χ1) is 9.19. The third-order valence-corrected chi connectivity index (χ3v) is 2.87. The Kier molecular flexibility index (Phi) is 4.87. The van der Waals surface area contributed by atoms with Crippen LogP contribution in [-0.2, 0) is 6.42 Å². The molecule has 5 nitrogen and oxygen atoms in total. The topological polar surface area (TPSA) is 63.8 Å². The first-order valence-corrected chi connectivity index (χ1v) is 6.74. The van der Waals surface area contributed by atoms with Crippen LogP contribution < -0.4 is 5.32 Å². The van der Waals surface area contributed by atoms with E-state index in [-0.39, 0.29) is 0 Å². The van der Waals surface area contributed by atoms with E-state index in [1.165, 1.54) is 0 Å². The Hall–Kier alpha value is -1.46.